The standard InChI is InChI=1S/C17H23N3O4S/c1-8(2)20(9(3)4)12(21)7-24-17(23)14-10(5)13-15(22)18-11(6)19-16(13)25-14/h8-9H,7H2,1-6H3,(H,18,19,22). The Morgan fingerprint density at radius 1 is 1.20 bits per heavy atom. The van der Waals surface area contributed by atoms with Crippen molar-refractivity contribution < 1.29 is 14.3 Å². The number of aryl methyl sites for hydroxylation is 2. The summed E-state index contributed by atoms with van der Waals surface area (Å²) in [5.41, 5.74) is 0.243. The van der Waals surface area contributed by atoms with Crippen LogP contribution in [-0.2, 0) is 9.53 Å². The molecule has 0 aliphatic rings. The quantitative estimate of drug-likeness (QED) is 0.822. The molecule has 0 radical (unpaired) electrons. The highest BCUT2D eigenvalue weighted by Crippen LogP contribution is 2.27. The molecule has 136 valence electrons. The number of esters is 1. The molecule has 7 nitrogen and oxygen atoms in total. The third-order valence-electron chi connectivity index (χ3n) is 3.83. The van der Waals surface area contributed by atoms with E-state index in [2.05, 4.69) is 9.97 Å². The number of amides is 1. The second kappa shape index (κ2) is 7.35. The number of hydrogen-bond donors (Lipinski definition) is 1. The lowest BCUT2D eigenvalue weighted by Gasteiger charge is -2.30. The average molecular weight is 365 g/mol. The van der Waals surface area contributed by atoms with Crippen molar-refractivity contribution in [3.63, 3.8) is 0 Å². The second-order valence-electron chi connectivity index (χ2n) is 6.45. The van der Waals surface area contributed by atoms with Crippen LogP contribution in [0.5, 0.6) is 0 Å². The van der Waals surface area contributed by atoms with Gasteiger partial charge in [-0.15, -0.1) is 11.3 Å². The summed E-state index contributed by atoms with van der Waals surface area (Å²) >= 11 is 1.10. The van der Waals surface area contributed by atoms with Gasteiger partial charge in [0.05, 0.1) is 5.39 Å². The first-order valence-electron chi connectivity index (χ1n) is 8.11. The first kappa shape index (κ1) is 19.1. The third-order valence-corrected chi connectivity index (χ3v) is 5.00. The van der Waals surface area contributed by atoms with Gasteiger partial charge in [0.25, 0.3) is 11.5 Å². The van der Waals surface area contributed by atoms with Crippen molar-refractivity contribution in [1.29, 1.82) is 0 Å². The molecule has 2 heterocycles. The van der Waals surface area contributed by atoms with E-state index in [9.17, 15) is 14.4 Å². The highest BCUT2D eigenvalue weighted by Gasteiger charge is 2.24. The van der Waals surface area contributed by atoms with Crippen LogP contribution in [0.25, 0.3) is 10.2 Å². The molecule has 0 atom stereocenters. The number of hydrogen-bond acceptors (Lipinski definition) is 6. The highest BCUT2D eigenvalue weighted by atomic mass is 32.1. The molecule has 0 aliphatic carbocycles. The van der Waals surface area contributed by atoms with Gasteiger partial charge in [0.1, 0.15) is 15.5 Å². The summed E-state index contributed by atoms with van der Waals surface area (Å²) in [7, 11) is 0. The van der Waals surface area contributed by atoms with E-state index in [1.807, 2.05) is 27.7 Å². The molecule has 1 N–H and O–H groups in total. The van der Waals surface area contributed by atoms with Crippen LogP contribution in [0.3, 0.4) is 0 Å². The molecular formula is C17H23N3O4S. The van der Waals surface area contributed by atoms with Gasteiger partial charge in [-0.1, -0.05) is 0 Å². The Hall–Kier alpha value is -2.22. The molecule has 2 rings (SSSR count). The molecule has 0 aliphatic heterocycles. The van der Waals surface area contributed by atoms with Gasteiger partial charge in [-0.25, -0.2) is 9.78 Å². The van der Waals surface area contributed by atoms with E-state index in [1.165, 1.54) is 0 Å². The molecular weight excluding hydrogens is 342 g/mol. The lowest BCUT2D eigenvalue weighted by atomic mass is 10.2. The van der Waals surface area contributed by atoms with Crippen molar-refractivity contribution in [2.24, 2.45) is 0 Å². The van der Waals surface area contributed by atoms with Gasteiger partial charge in [0.15, 0.2) is 6.61 Å². The number of nitrogens with one attached hydrogen (secondary N) is 1. The molecule has 0 unspecified atom stereocenters. The van der Waals surface area contributed by atoms with Gasteiger partial charge >= 0.3 is 5.97 Å². The van der Waals surface area contributed by atoms with E-state index < -0.39 is 5.97 Å². The lowest BCUT2D eigenvalue weighted by Crippen LogP contribution is -2.44. The minimum absolute atomic E-state index is 0.0167. The summed E-state index contributed by atoms with van der Waals surface area (Å²) in [5, 5.41) is 0.389. The third kappa shape index (κ3) is 3.89. The van der Waals surface area contributed by atoms with Crippen LogP contribution in [0, 0.1) is 13.8 Å². The summed E-state index contributed by atoms with van der Waals surface area (Å²) in [4.78, 5) is 46.1. The molecule has 8 heteroatoms. The number of H-pyrrole nitrogens is 1. The maximum absolute atomic E-state index is 12.4. The number of thiophene rings is 1. The Morgan fingerprint density at radius 2 is 1.80 bits per heavy atom. The first-order chi connectivity index (χ1) is 11.6. The highest BCUT2D eigenvalue weighted by molar-refractivity contribution is 7.20. The lowest BCUT2D eigenvalue weighted by molar-refractivity contribution is -0.138. The molecule has 0 spiro atoms. The predicted octanol–water partition coefficient (Wildman–Crippen LogP) is 2.40. The second-order valence-corrected chi connectivity index (χ2v) is 7.45. The van der Waals surface area contributed by atoms with Gasteiger partial charge < -0.3 is 14.6 Å². The Morgan fingerprint density at radius 3 is 2.36 bits per heavy atom. The van der Waals surface area contributed by atoms with Gasteiger partial charge in [-0.3, -0.25) is 9.59 Å². The molecule has 2 aromatic heterocycles. The number of ether oxygens (including phenoxy) is 1. The Balaban J connectivity index is 2.21. The van der Waals surface area contributed by atoms with Crippen molar-refractivity contribution in [2.75, 3.05) is 6.61 Å². The van der Waals surface area contributed by atoms with Gasteiger partial charge in [0, 0.05) is 12.1 Å². The maximum atomic E-state index is 12.4. The molecule has 1 amide bonds. The summed E-state index contributed by atoms with van der Waals surface area (Å²) in [5.74, 6) is -0.374. The Bertz CT molecular complexity index is 859. The summed E-state index contributed by atoms with van der Waals surface area (Å²) in [6, 6.07) is 0.0333. The number of nitrogens with zero attached hydrogens (tertiary/aromatic N) is 2. The molecule has 2 aromatic rings. The van der Waals surface area contributed by atoms with Crippen LogP contribution in [-0.4, -0.2) is 45.4 Å². The normalized spacial score (nSPS) is 11.4. The van der Waals surface area contributed by atoms with Crippen LogP contribution < -0.4 is 5.56 Å². The Kier molecular flexibility index (Phi) is 5.62. The zero-order valence-corrected chi connectivity index (χ0v) is 16.1. The number of rotatable bonds is 5. The fourth-order valence-electron chi connectivity index (χ4n) is 2.89. The van der Waals surface area contributed by atoms with Gasteiger partial charge in [0.2, 0.25) is 0 Å². The largest absolute Gasteiger partial charge is 0.451 e. The number of fused-ring (bicyclic) bond motifs is 1. The fourth-order valence-corrected chi connectivity index (χ4v) is 4.01. The van der Waals surface area contributed by atoms with Crippen molar-refractivity contribution >= 4 is 33.4 Å². The van der Waals surface area contributed by atoms with E-state index >= 15 is 0 Å². The molecule has 0 saturated heterocycles. The zero-order chi connectivity index (χ0) is 18.9. The minimum Gasteiger partial charge on any atom is -0.451 e. The van der Waals surface area contributed by atoms with Crippen LogP contribution in [0.15, 0.2) is 4.79 Å². The van der Waals surface area contributed by atoms with E-state index in [0.717, 1.165) is 11.3 Å². The maximum Gasteiger partial charge on any atom is 0.349 e. The van der Waals surface area contributed by atoms with Crippen LogP contribution in [0.2, 0.25) is 0 Å². The smallest absolute Gasteiger partial charge is 0.349 e. The topological polar surface area (TPSA) is 92.4 Å². The molecule has 0 fully saturated rings. The summed E-state index contributed by atoms with van der Waals surface area (Å²) < 4.78 is 5.19. The predicted molar refractivity (Wildman–Crippen MR) is 97.1 cm³/mol. The van der Waals surface area contributed by atoms with Crippen LogP contribution in [0.4, 0.5) is 0 Å². The molecule has 0 saturated carbocycles. The van der Waals surface area contributed by atoms with Crippen LogP contribution >= 0.6 is 11.3 Å². The monoisotopic (exact) mass is 365 g/mol. The van der Waals surface area contributed by atoms with Gasteiger partial charge in [-0.2, -0.15) is 0 Å². The molecule has 25 heavy (non-hydrogen) atoms. The van der Waals surface area contributed by atoms with Crippen molar-refractivity contribution in [3.8, 4) is 0 Å². The number of carbonyl (C=O) groups excluding carboxylic acids is 2. The van der Waals surface area contributed by atoms with E-state index in [1.54, 1.807) is 18.7 Å². The zero-order valence-electron chi connectivity index (χ0n) is 15.3. The first-order valence-corrected chi connectivity index (χ1v) is 8.93. The van der Waals surface area contributed by atoms with Crippen molar-refractivity contribution in [1.82, 2.24) is 14.9 Å². The summed E-state index contributed by atoms with van der Waals surface area (Å²) in [6.07, 6.45) is 0. The summed E-state index contributed by atoms with van der Waals surface area (Å²) in [6.45, 7) is 10.7. The van der Waals surface area contributed by atoms with Crippen molar-refractivity contribution in [2.45, 2.75) is 53.6 Å². The van der Waals surface area contributed by atoms with Crippen LogP contribution in [0.1, 0.15) is 48.8 Å². The van der Waals surface area contributed by atoms with Gasteiger partial charge in [-0.05, 0) is 47.1 Å². The fraction of sp³-hybridized carbons (Fsp3) is 0.529. The Labute approximate surface area is 150 Å². The SMILES string of the molecule is Cc1nc2sc(C(=O)OCC(=O)N(C(C)C)C(C)C)c(C)c2c(=O)[nH]1. The number of carbonyl (C=O) groups is 2. The van der Waals surface area contributed by atoms with Crippen molar-refractivity contribution in [3.05, 3.63) is 26.6 Å². The number of aromatic nitrogens is 2. The average Bonchev–Trinajstić information content (AvgIpc) is 2.81. The minimum atomic E-state index is -0.613. The van der Waals surface area contributed by atoms with E-state index in [0.29, 0.717) is 26.5 Å². The number of aromatic amines is 1. The van der Waals surface area contributed by atoms with E-state index in [-0.39, 0.29) is 30.2 Å². The molecule has 0 aromatic carbocycles. The molecule has 0 bridgehead atoms. The van der Waals surface area contributed by atoms with E-state index in [4.69, 9.17) is 4.74 Å².